The molecule has 0 fully saturated rings. The van der Waals surface area contributed by atoms with Gasteiger partial charge in [0.05, 0.1) is 0 Å². The van der Waals surface area contributed by atoms with Crippen molar-refractivity contribution >= 4 is 11.7 Å². The van der Waals surface area contributed by atoms with Gasteiger partial charge in [-0.3, -0.25) is 9.59 Å². The molecule has 126 valence electrons. The minimum Gasteiger partial charge on any atom is -0.347 e. The van der Waals surface area contributed by atoms with E-state index in [9.17, 15) is 18.4 Å². The molecule has 0 saturated carbocycles. The van der Waals surface area contributed by atoms with Crippen LogP contribution in [-0.4, -0.2) is 17.7 Å². The number of Topliss-reactive ketones (excluding diaryl/α,β-unsaturated/α-hetero) is 1. The van der Waals surface area contributed by atoms with Gasteiger partial charge in [-0.1, -0.05) is 35.9 Å². The monoisotopic (exact) mass is 331 g/mol. The maximum absolute atomic E-state index is 13.1. The van der Waals surface area contributed by atoms with Crippen molar-refractivity contribution in [3.05, 3.63) is 70.8 Å². The van der Waals surface area contributed by atoms with E-state index in [1.165, 1.54) is 6.07 Å². The van der Waals surface area contributed by atoms with E-state index in [4.69, 9.17) is 0 Å². The minimum absolute atomic E-state index is 0.264. The molecule has 0 radical (unpaired) electrons. The molecule has 0 aliphatic carbocycles. The number of ketones is 1. The Kier molecular flexibility index (Phi) is 5.79. The van der Waals surface area contributed by atoms with Gasteiger partial charge in [-0.25, -0.2) is 8.78 Å². The lowest BCUT2D eigenvalue weighted by Crippen LogP contribution is -2.37. The van der Waals surface area contributed by atoms with Crippen molar-refractivity contribution in [1.29, 1.82) is 0 Å². The van der Waals surface area contributed by atoms with Crippen LogP contribution >= 0.6 is 0 Å². The highest BCUT2D eigenvalue weighted by atomic mass is 19.2. The van der Waals surface area contributed by atoms with E-state index in [1.807, 2.05) is 6.92 Å². The van der Waals surface area contributed by atoms with E-state index >= 15 is 0 Å². The Morgan fingerprint density at radius 1 is 1.04 bits per heavy atom. The molecule has 0 saturated heterocycles. The van der Waals surface area contributed by atoms with E-state index in [2.05, 4.69) is 5.32 Å². The van der Waals surface area contributed by atoms with Crippen molar-refractivity contribution in [2.45, 2.75) is 32.7 Å². The number of aryl methyl sites for hydroxylation is 2. The molecule has 0 heterocycles. The molecule has 3 nitrogen and oxygen atoms in total. The lowest BCUT2D eigenvalue weighted by atomic mass is 10.0. The largest absolute Gasteiger partial charge is 0.347 e. The molecule has 0 aromatic heterocycles. The summed E-state index contributed by atoms with van der Waals surface area (Å²) in [5, 5.41) is 2.63. The van der Waals surface area contributed by atoms with Gasteiger partial charge in [0.25, 0.3) is 5.91 Å². The highest BCUT2D eigenvalue weighted by Crippen LogP contribution is 2.11. The van der Waals surface area contributed by atoms with Crippen LogP contribution in [0.4, 0.5) is 8.78 Å². The van der Waals surface area contributed by atoms with Crippen LogP contribution in [0.2, 0.25) is 0 Å². The molecule has 24 heavy (non-hydrogen) atoms. The molecule has 1 unspecified atom stereocenters. The van der Waals surface area contributed by atoms with Crippen molar-refractivity contribution < 1.29 is 18.4 Å². The number of carbonyl (C=O) groups excluding carboxylic acids is 2. The van der Waals surface area contributed by atoms with Gasteiger partial charge in [0, 0.05) is 11.6 Å². The summed E-state index contributed by atoms with van der Waals surface area (Å²) in [6.07, 6.45) is 0.982. The Bertz CT molecular complexity index is 742. The number of carbonyl (C=O) groups is 2. The smallest absolute Gasteiger partial charge is 0.292 e. The van der Waals surface area contributed by atoms with Crippen LogP contribution in [0, 0.1) is 18.6 Å². The van der Waals surface area contributed by atoms with Crippen molar-refractivity contribution in [2.24, 2.45) is 0 Å². The lowest BCUT2D eigenvalue weighted by Gasteiger charge is -2.13. The second-order valence-electron chi connectivity index (χ2n) is 5.86. The molecule has 0 aliphatic rings. The number of halogens is 2. The minimum atomic E-state index is -0.890. The number of hydrogen-bond donors (Lipinski definition) is 1. The number of hydrogen-bond acceptors (Lipinski definition) is 2. The van der Waals surface area contributed by atoms with Crippen molar-refractivity contribution in [3.63, 3.8) is 0 Å². The van der Waals surface area contributed by atoms with Gasteiger partial charge < -0.3 is 5.32 Å². The fraction of sp³-hybridized carbons (Fsp3) is 0.263. The normalized spacial score (nSPS) is 11.8. The summed E-state index contributed by atoms with van der Waals surface area (Å²) >= 11 is 0. The first-order valence-electron chi connectivity index (χ1n) is 7.72. The maximum Gasteiger partial charge on any atom is 0.292 e. The molecule has 0 bridgehead atoms. The quantitative estimate of drug-likeness (QED) is 0.649. The zero-order chi connectivity index (χ0) is 17.7. The molecule has 2 rings (SSSR count). The van der Waals surface area contributed by atoms with Gasteiger partial charge in [-0.2, -0.15) is 0 Å². The van der Waals surface area contributed by atoms with Crippen LogP contribution in [0.3, 0.4) is 0 Å². The third-order valence-corrected chi connectivity index (χ3v) is 3.75. The Hall–Kier alpha value is -2.56. The van der Waals surface area contributed by atoms with Crippen LogP contribution in [0.5, 0.6) is 0 Å². The Labute approximate surface area is 139 Å². The van der Waals surface area contributed by atoms with Crippen LogP contribution in [0.25, 0.3) is 0 Å². The zero-order valence-corrected chi connectivity index (χ0v) is 13.6. The summed E-state index contributed by atoms with van der Waals surface area (Å²) in [6.45, 7) is 3.66. The van der Waals surface area contributed by atoms with Gasteiger partial charge in [-0.15, -0.1) is 0 Å². The summed E-state index contributed by atoms with van der Waals surface area (Å²) in [7, 11) is 0. The van der Waals surface area contributed by atoms with E-state index in [0.717, 1.165) is 17.7 Å². The molecule has 0 spiro atoms. The second kappa shape index (κ2) is 7.81. The number of nitrogens with one attached hydrogen (secondary N) is 1. The average Bonchev–Trinajstić information content (AvgIpc) is 2.56. The summed E-state index contributed by atoms with van der Waals surface area (Å²) in [5.41, 5.74) is 1.98. The lowest BCUT2D eigenvalue weighted by molar-refractivity contribution is -0.117. The fourth-order valence-corrected chi connectivity index (χ4v) is 2.28. The molecule has 2 aromatic rings. The Morgan fingerprint density at radius 3 is 2.33 bits per heavy atom. The van der Waals surface area contributed by atoms with Gasteiger partial charge >= 0.3 is 0 Å². The number of amides is 1. The summed E-state index contributed by atoms with van der Waals surface area (Å²) in [5.74, 6) is -3.03. The number of benzene rings is 2. The van der Waals surface area contributed by atoms with E-state index < -0.39 is 23.3 Å². The van der Waals surface area contributed by atoms with Crippen LogP contribution in [0.1, 0.15) is 34.8 Å². The van der Waals surface area contributed by atoms with E-state index in [1.54, 1.807) is 31.2 Å². The molecule has 1 amide bonds. The molecule has 1 N–H and O–H groups in total. The highest BCUT2D eigenvalue weighted by molar-refractivity contribution is 6.42. The summed E-state index contributed by atoms with van der Waals surface area (Å²) in [6, 6.07) is 10.2. The molecule has 5 heteroatoms. The highest BCUT2D eigenvalue weighted by Gasteiger charge is 2.18. The van der Waals surface area contributed by atoms with Crippen molar-refractivity contribution in [2.75, 3.05) is 0 Å². The topological polar surface area (TPSA) is 46.2 Å². The van der Waals surface area contributed by atoms with Gasteiger partial charge in [0.15, 0.2) is 11.6 Å². The van der Waals surface area contributed by atoms with Crippen LogP contribution in [-0.2, 0) is 11.2 Å². The van der Waals surface area contributed by atoms with Gasteiger partial charge in [-0.05, 0) is 44.4 Å². The SMILES string of the molecule is Cc1ccc(C(=O)C(=O)NC(C)CCc2ccc(F)c(F)c2)cc1. The maximum atomic E-state index is 13.1. The van der Waals surface area contributed by atoms with E-state index in [-0.39, 0.29) is 6.04 Å². The molecule has 1 atom stereocenters. The van der Waals surface area contributed by atoms with Crippen molar-refractivity contribution in [3.8, 4) is 0 Å². The first-order valence-corrected chi connectivity index (χ1v) is 7.72. The zero-order valence-electron chi connectivity index (χ0n) is 13.6. The summed E-state index contributed by atoms with van der Waals surface area (Å²) in [4.78, 5) is 24.0. The fourth-order valence-electron chi connectivity index (χ4n) is 2.28. The third kappa shape index (κ3) is 4.72. The Balaban J connectivity index is 1.87. The molecular weight excluding hydrogens is 312 g/mol. The third-order valence-electron chi connectivity index (χ3n) is 3.75. The Morgan fingerprint density at radius 2 is 1.71 bits per heavy atom. The van der Waals surface area contributed by atoms with Crippen molar-refractivity contribution in [1.82, 2.24) is 5.32 Å². The molecule has 0 aliphatic heterocycles. The first kappa shape index (κ1) is 17.8. The molecule has 2 aromatic carbocycles. The standard InChI is InChI=1S/C19H19F2NO2/c1-12-3-8-15(9-4-12)18(23)19(24)22-13(2)5-6-14-7-10-16(20)17(21)11-14/h3-4,7-11,13H,5-6H2,1-2H3,(H,22,24). The molecular formula is C19H19F2NO2. The van der Waals surface area contributed by atoms with E-state index in [0.29, 0.717) is 24.0 Å². The predicted octanol–water partition coefficient (Wildman–Crippen LogP) is 3.59. The average molecular weight is 331 g/mol. The van der Waals surface area contributed by atoms with Gasteiger partial charge in [0.1, 0.15) is 0 Å². The summed E-state index contributed by atoms with van der Waals surface area (Å²) < 4.78 is 26.0. The first-order chi connectivity index (χ1) is 11.4. The van der Waals surface area contributed by atoms with Gasteiger partial charge in [0.2, 0.25) is 5.78 Å². The predicted molar refractivity (Wildman–Crippen MR) is 87.8 cm³/mol. The number of rotatable bonds is 6. The van der Waals surface area contributed by atoms with Crippen LogP contribution in [0.15, 0.2) is 42.5 Å². The van der Waals surface area contributed by atoms with Crippen LogP contribution < -0.4 is 5.32 Å². The second-order valence-corrected chi connectivity index (χ2v) is 5.86.